The molecule has 1 rings (SSSR count). The first-order valence-corrected chi connectivity index (χ1v) is 7.20. The van der Waals surface area contributed by atoms with Crippen LogP contribution in [-0.4, -0.2) is 34.1 Å². The Labute approximate surface area is 101 Å². The van der Waals surface area contributed by atoms with Crippen LogP contribution in [0.25, 0.3) is 0 Å². The standard InChI is InChI=1S/C11H17NO4S/c1-15-11-7-9(8-12)3-4-10(11)16-5-6-17(2,13)14/h3-4,7H,5-6,8,12H2,1-2H3. The van der Waals surface area contributed by atoms with E-state index in [1.807, 2.05) is 6.07 Å². The molecule has 0 aliphatic heterocycles. The minimum atomic E-state index is -3.01. The van der Waals surface area contributed by atoms with E-state index in [2.05, 4.69) is 0 Å². The van der Waals surface area contributed by atoms with Crippen molar-refractivity contribution in [3.63, 3.8) is 0 Å². The molecule has 0 heterocycles. The first kappa shape index (κ1) is 13.8. The van der Waals surface area contributed by atoms with Crippen molar-refractivity contribution in [1.29, 1.82) is 0 Å². The summed E-state index contributed by atoms with van der Waals surface area (Å²) < 4.78 is 32.4. The van der Waals surface area contributed by atoms with Crippen LogP contribution in [0.15, 0.2) is 18.2 Å². The van der Waals surface area contributed by atoms with Crippen molar-refractivity contribution in [3.8, 4) is 11.5 Å². The van der Waals surface area contributed by atoms with Crippen LogP contribution in [-0.2, 0) is 16.4 Å². The summed E-state index contributed by atoms with van der Waals surface area (Å²) in [6.45, 7) is 0.525. The molecule has 1 aromatic carbocycles. The van der Waals surface area contributed by atoms with E-state index in [0.717, 1.165) is 5.56 Å². The first-order chi connectivity index (χ1) is 7.96. The lowest BCUT2D eigenvalue weighted by atomic mass is 10.2. The lowest BCUT2D eigenvalue weighted by Gasteiger charge is -2.11. The molecule has 0 saturated carbocycles. The fourth-order valence-corrected chi connectivity index (χ4v) is 1.65. The molecule has 0 radical (unpaired) electrons. The van der Waals surface area contributed by atoms with Gasteiger partial charge in [-0.05, 0) is 17.7 Å². The molecule has 1 aromatic rings. The van der Waals surface area contributed by atoms with Crippen molar-refractivity contribution in [2.75, 3.05) is 25.7 Å². The normalized spacial score (nSPS) is 11.2. The fourth-order valence-electron chi connectivity index (χ4n) is 1.26. The molecule has 96 valence electrons. The van der Waals surface area contributed by atoms with Crippen LogP contribution in [0.2, 0.25) is 0 Å². The maximum absolute atomic E-state index is 10.9. The Hall–Kier alpha value is -1.27. The Morgan fingerprint density at radius 2 is 2.00 bits per heavy atom. The van der Waals surface area contributed by atoms with Gasteiger partial charge in [0.1, 0.15) is 6.61 Å². The molecule has 0 bridgehead atoms. The third kappa shape index (κ3) is 4.62. The highest BCUT2D eigenvalue weighted by atomic mass is 32.2. The molecule has 17 heavy (non-hydrogen) atoms. The summed E-state index contributed by atoms with van der Waals surface area (Å²) in [5, 5.41) is 0. The van der Waals surface area contributed by atoms with Gasteiger partial charge in [0.05, 0.1) is 12.9 Å². The quantitative estimate of drug-likeness (QED) is 0.808. The van der Waals surface area contributed by atoms with Crippen molar-refractivity contribution in [1.82, 2.24) is 0 Å². The third-order valence-electron chi connectivity index (χ3n) is 2.18. The van der Waals surface area contributed by atoms with Gasteiger partial charge in [-0.3, -0.25) is 0 Å². The number of methoxy groups -OCH3 is 1. The molecule has 0 spiro atoms. The van der Waals surface area contributed by atoms with Gasteiger partial charge in [0.15, 0.2) is 21.3 Å². The van der Waals surface area contributed by atoms with Gasteiger partial charge >= 0.3 is 0 Å². The number of hydrogen-bond acceptors (Lipinski definition) is 5. The van der Waals surface area contributed by atoms with Crippen LogP contribution < -0.4 is 15.2 Å². The molecule has 0 aliphatic carbocycles. The monoisotopic (exact) mass is 259 g/mol. The smallest absolute Gasteiger partial charge is 0.161 e. The van der Waals surface area contributed by atoms with E-state index in [1.54, 1.807) is 12.1 Å². The Morgan fingerprint density at radius 1 is 1.29 bits per heavy atom. The van der Waals surface area contributed by atoms with Crippen LogP contribution in [0.5, 0.6) is 11.5 Å². The Kier molecular flexibility index (Phi) is 4.77. The highest BCUT2D eigenvalue weighted by molar-refractivity contribution is 7.90. The Balaban J connectivity index is 2.70. The molecular weight excluding hydrogens is 242 g/mol. The number of rotatable bonds is 6. The highest BCUT2D eigenvalue weighted by Gasteiger charge is 2.07. The van der Waals surface area contributed by atoms with Gasteiger partial charge in [-0.15, -0.1) is 0 Å². The third-order valence-corrected chi connectivity index (χ3v) is 3.08. The number of sulfone groups is 1. The number of benzene rings is 1. The van der Waals surface area contributed by atoms with E-state index in [1.165, 1.54) is 13.4 Å². The molecule has 0 amide bonds. The average molecular weight is 259 g/mol. The summed E-state index contributed by atoms with van der Waals surface area (Å²) >= 11 is 0. The topological polar surface area (TPSA) is 78.6 Å². The lowest BCUT2D eigenvalue weighted by Crippen LogP contribution is -2.12. The summed E-state index contributed by atoms with van der Waals surface area (Å²) in [7, 11) is -1.49. The van der Waals surface area contributed by atoms with Gasteiger partial charge in [0.2, 0.25) is 0 Å². The van der Waals surface area contributed by atoms with E-state index in [0.29, 0.717) is 18.0 Å². The van der Waals surface area contributed by atoms with Crippen LogP contribution in [0.1, 0.15) is 5.56 Å². The predicted octanol–water partition coefficient (Wildman–Crippen LogP) is 0.577. The zero-order valence-electron chi connectivity index (χ0n) is 9.97. The van der Waals surface area contributed by atoms with Crippen LogP contribution in [0.3, 0.4) is 0 Å². The number of ether oxygens (including phenoxy) is 2. The lowest BCUT2D eigenvalue weighted by molar-refractivity contribution is 0.311. The second-order valence-electron chi connectivity index (χ2n) is 3.67. The molecule has 0 fully saturated rings. The summed E-state index contributed by atoms with van der Waals surface area (Å²) in [6.07, 6.45) is 1.17. The van der Waals surface area contributed by atoms with Crippen molar-refractivity contribution in [2.45, 2.75) is 6.54 Å². The van der Waals surface area contributed by atoms with Crippen LogP contribution in [0.4, 0.5) is 0 Å². The molecule has 0 atom stereocenters. The van der Waals surface area contributed by atoms with Crippen molar-refractivity contribution >= 4 is 9.84 Å². The minimum Gasteiger partial charge on any atom is -0.493 e. The summed E-state index contributed by atoms with van der Waals surface area (Å²) in [4.78, 5) is 0. The van der Waals surface area contributed by atoms with E-state index < -0.39 is 9.84 Å². The Bertz CT molecular complexity index is 470. The molecule has 2 N–H and O–H groups in total. The molecule has 5 nitrogen and oxygen atoms in total. The largest absolute Gasteiger partial charge is 0.493 e. The summed E-state index contributed by atoms with van der Waals surface area (Å²) in [6, 6.07) is 5.32. The van der Waals surface area contributed by atoms with Gasteiger partial charge in [0.25, 0.3) is 0 Å². The number of nitrogens with two attached hydrogens (primary N) is 1. The maximum Gasteiger partial charge on any atom is 0.161 e. The first-order valence-electron chi connectivity index (χ1n) is 5.14. The van der Waals surface area contributed by atoms with E-state index in [-0.39, 0.29) is 12.4 Å². The van der Waals surface area contributed by atoms with Gasteiger partial charge in [-0.1, -0.05) is 6.07 Å². The zero-order chi connectivity index (χ0) is 12.9. The fraction of sp³-hybridized carbons (Fsp3) is 0.455. The second kappa shape index (κ2) is 5.88. The summed E-state index contributed by atoms with van der Waals surface area (Å²) in [5.74, 6) is 1.06. The van der Waals surface area contributed by atoms with Crippen LogP contribution >= 0.6 is 0 Å². The molecule has 0 unspecified atom stereocenters. The highest BCUT2D eigenvalue weighted by Crippen LogP contribution is 2.27. The second-order valence-corrected chi connectivity index (χ2v) is 5.93. The van der Waals surface area contributed by atoms with Crippen molar-refractivity contribution in [3.05, 3.63) is 23.8 Å². The molecule has 0 saturated heterocycles. The predicted molar refractivity (Wildman–Crippen MR) is 66.1 cm³/mol. The average Bonchev–Trinajstić information content (AvgIpc) is 2.27. The molecular formula is C11H17NO4S. The number of hydrogen-bond donors (Lipinski definition) is 1. The van der Waals surface area contributed by atoms with E-state index in [9.17, 15) is 8.42 Å². The van der Waals surface area contributed by atoms with E-state index >= 15 is 0 Å². The van der Waals surface area contributed by atoms with Gasteiger partial charge in [-0.2, -0.15) is 0 Å². The molecule has 0 aromatic heterocycles. The summed E-state index contributed by atoms with van der Waals surface area (Å²) in [5.41, 5.74) is 6.43. The molecule has 6 heteroatoms. The van der Waals surface area contributed by atoms with Crippen molar-refractivity contribution < 1.29 is 17.9 Å². The van der Waals surface area contributed by atoms with Gasteiger partial charge in [0, 0.05) is 12.8 Å². The molecule has 0 aliphatic rings. The zero-order valence-corrected chi connectivity index (χ0v) is 10.8. The minimum absolute atomic E-state index is 0.0191. The van der Waals surface area contributed by atoms with Crippen LogP contribution in [0, 0.1) is 0 Å². The Morgan fingerprint density at radius 3 is 2.53 bits per heavy atom. The van der Waals surface area contributed by atoms with Crippen molar-refractivity contribution in [2.24, 2.45) is 5.73 Å². The van der Waals surface area contributed by atoms with E-state index in [4.69, 9.17) is 15.2 Å². The SMILES string of the molecule is COc1cc(CN)ccc1OCCS(C)(=O)=O. The van der Waals surface area contributed by atoms with Gasteiger partial charge < -0.3 is 15.2 Å². The maximum atomic E-state index is 10.9. The van der Waals surface area contributed by atoms with Gasteiger partial charge in [-0.25, -0.2) is 8.42 Å².